The van der Waals surface area contributed by atoms with Crippen molar-refractivity contribution in [1.82, 2.24) is 4.90 Å². The minimum absolute atomic E-state index is 0.195. The molecule has 6 heteroatoms. The molecule has 1 rings (SSSR count). The van der Waals surface area contributed by atoms with E-state index in [-0.39, 0.29) is 6.61 Å². The monoisotopic (exact) mass is 263 g/mol. The normalized spacial score (nSPS) is 36.2. The van der Waals surface area contributed by atoms with E-state index in [9.17, 15) is 20.4 Å². The summed E-state index contributed by atoms with van der Waals surface area (Å²) in [6, 6.07) is 0.642. The Labute approximate surface area is 104 Å². The number of nitrogens with zero attached hydrogens (tertiary/aromatic N) is 1. The third-order valence-corrected chi connectivity index (χ3v) is 6.98. The molecule has 0 radical (unpaired) electrons. The van der Waals surface area contributed by atoms with E-state index < -0.39 is 32.4 Å². The van der Waals surface area contributed by atoms with Gasteiger partial charge in [-0.15, -0.1) is 0 Å². The van der Waals surface area contributed by atoms with E-state index in [1.54, 1.807) is 0 Å². The Hall–Kier alpha value is 0.0169. The summed E-state index contributed by atoms with van der Waals surface area (Å²) < 4.78 is 0. The summed E-state index contributed by atoms with van der Waals surface area (Å²) in [6.07, 6.45) is -2.36. The first-order valence-corrected chi connectivity index (χ1v) is 9.63. The van der Waals surface area contributed by atoms with Gasteiger partial charge in [-0.2, -0.15) is 0 Å². The van der Waals surface area contributed by atoms with Crippen LogP contribution >= 0.6 is 0 Å². The second-order valence-electron chi connectivity index (χ2n) is 5.75. The van der Waals surface area contributed by atoms with Gasteiger partial charge < -0.3 is 20.4 Å². The van der Waals surface area contributed by atoms with Crippen LogP contribution in [0.3, 0.4) is 0 Å². The first-order chi connectivity index (χ1) is 7.82. The molecule has 0 bridgehead atoms. The summed E-state index contributed by atoms with van der Waals surface area (Å²) >= 11 is 0. The highest BCUT2D eigenvalue weighted by Gasteiger charge is 2.42. The van der Waals surface area contributed by atoms with Crippen LogP contribution in [0.25, 0.3) is 0 Å². The van der Waals surface area contributed by atoms with E-state index in [1.165, 1.54) is 0 Å². The molecule has 4 atom stereocenters. The van der Waals surface area contributed by atoms with Gasteiger partial charge in [-0.05, 0) is 6.17 Å². The highest BCUT2D eigenvalue weighted by Crippen LogP contribution is 2.22. The lowest BCUT2D eigenvalue weighted by atomic mass is 9.95. The van der Waals surface area contributed by atoms with Gasteiger partial charge in [0.25, 0.3) is 0 Å². The van der Waals surface area contributed by atoms with Crippen molar-refractivity contribution in [3.63, 3.8) is 0 Å². The highest BCUT2D eigenvalue weighted by atomic mass is 28.3. The molecule has 5 nitrogen and oxygen atoms in total. The van der Waals surface area contributed by atoms with Gasteiger partial charge in [-0.3, -0.25) is 4.90 Å². The average Bonchev–Trinajstić information content (AvgIpc) is 2.26. The Bertz CT molecular complexity index is 252. The molecule has 1 fully saturated rings. The van der Waals surface area contributed by atoms with E-state index in [0.717, 1.165) is 12.2 Å². The summed E-state index contributed by atoms with van der Waals surface area (Å²) in [7, 11) is -1.39. The predicted molar refractivity (Wildman–Crippen MR) is 68.4 cm³/mol. The summed E-state index contributed by atoms with van der Waals surface area (Å²) in [5.41, 5.74) is 0. The van der Waals surface area contributed by atoms with Crippen LogP contribution in [-0.2, 0) is 0 Å². The fourth-order valence-electron chi connectivity index (χ4n) is 2.22. The van der Waals surface area contributed by atoms with Crippen molar-refractivity contribution in [3.8, 4) is 0 Å². The molecule has 1 aliphatic rings. The van der Waals surface area contributed by atoms with Crippen molar-refractivity contribution in [3.05, 3.63) is 0 Å². The van der Waals surface area contributed by atoms with Crippen LogP contribution in [0.5, 0.6) is 0 Å². The summed E-state index contributed by atoms with van der Waals surface area (Å²) in [5.74, 6) is 0. The van der Waals surface area contributed by atoms with E-state index >= 15 is 0 Å². The molecule has 0 aromatic carbocycles. The lowest BCUT2D eigenvalue weighted by Gasteiger charge is -2.45. The lowest BCUT2D eigenvalue weighted by molar-refractivity contribution is -0.141. The number of aliphatic hydroxyl groups is 4. The first-order valence-electron chi connectivity index (χ1n) is 6.21. The Morgan fingerprint density at radius 1 is 1.18 bits per heavy atom. The Morgan fingerprint density at radius 2 is 1.76 bits per heavy atom. The van der Waals surface area contributed by atoms with Gasteiger partial charge >= 0.3 is 0 Å². The standard InChI is InChI=1S/C11H25NO4Si/c1-4-17(2,3)7-12-5-9(14)11(16)10(15)8(12)6-13/h8-11,13-16H,4-7H2,1-3H3/t8-,9+,10-,11-/m1/s1. The molecule has 0 aromatic rings. The Morgan fingerprint density at radius 3 is 2.24 bits per heavy atom. The largest absolute Gasteiger partial charge is 0.395 e. The number of hydrogen-bond donors (Lipinski definition) is 4. The smallest absolute Gasteiger partial charge is 0.109 e. The Balaban J connectivity index is 2.76. The molecule has 1 heterocycles. The van der Waals surface area contributed by atoms with Crippen molar-refractivity contribution < 1.29 is 20.4 Å². The van der Waals surface area contributed by atoms with Gasteiger partial charge in [-0.1, -0.05) is 26.1 Å². The number of rotatable bonds is 4. The predicted octanol–water partition coefficient (Wildman–Crippen LogP) is -0.987. The maximum absolute atomic E-state index is 9.85. The molecule has 17 heavy (non-hydrogen) atoms. The SMILES string of the molecule is CC[Si](C)(C)CN1C[C@H](O)[C@@H](O)[C@H](O)[C@H]1CO. The van der Waals surface area contributed by atoms with E-state index in [4.69, 9.17) is 0 Å². The van der Waals surface area contributed by atoms with E-state index in [1.807, 2.05) is 4.90 Å². The zero-order chi connectivity index (χ0) is 13.2. The highest BCUT2D eigenvalue weighted by molar-refractivity contribution is 6.77. The van der Waals surface area contributed by atoms with Crippen molar-refractivity contribution in [1.29, 1.82) is 0 Å². The number of β-amino-alcohol motifs (C(OH)–C–C–N with tert-alkyl or cyclic N) is 1. The van der Waals surface area contributed by atoms with Crippen LogP contribution in [-0.4, -0.2) is 77.1 Å². The minimum atomic E-state index is -1.39. The topological polar surface area (TPSA) is 84.2 Å². The molecule has 0 amide bonds. The molecule has 0 aliphatic carbocycles. The fraction of sp³-hybridized carbons (Fsp3) is 1.00. The van der Waals surface area contributed by atoms with Crippen molar-refractivity contribution in [2.45, 2.75) is 50.4 Å². The van der Waals surface area contributed by atoms with Crippen LogP contribution in [0.1, 0.15) is 6.92 Å². The van der Waals surface area contributed by atoms with Crippen molar-refractivity contribution in [2.24, 2.45) is 0 Å². The van der Waals surface area contributed by atoms with Gasteiger partial charge in [0, 0.05) is 6.54 Å². The number of aliphatic hydroxyl groups excluding tert-OH is 4. The first kappa shape index (κ1) is 15.1. The summed E-state index contributed by atoms with van der Waals surface area (Å²) in [6.45, 7) is 6.75. The van der Waals surface area contributed by atoms with Gasteiger partial charge in [0.15, 0.2) is 0 Å². The van der Waals surface area contributed by atoms with E-state index in [2.05, 4.69) is 20.0 Å². The second-order valence-corrected chi connectivity index (χ2v) is 11.1. The zero-order valence-corrected chi connectivity index (χ0v) is 11.9. The number of piperidine rings is 1. The van der Waals surface area contributed by atoms with Crippen LogP contribution < -0.4 is 0 Å². The van der Waals surface area contributed by atoms with Crippen LogP contribution in [0.4, 0.5) is 0 Å². The molecule has 0 saturated carbocycles. The van der Waals surface area contributed by atoms with Crippen molar-refractivity contribution >= 4 is 8.07 Å². The van der Waals surface area contributed by atoms with Gasteiger partial charge in [0.05, 0.1) is 26.8 Å². The average molecular weight is 263 g/mol. The van der Waals surface area contributed by atoms with Gasteiger partial charge in [0.2, 0.25) is 0 Å². The Kier molecular flexibility index (Phi) is 5.12. The van der Waals surface area contributed by atoms with Crippen molar-refractivity contribution in [2.75, 3.05) is 19.3 Å². The molecular formula is C11H25NO4Si. The zero-order valence-electron chi connectivity index (χ0n) is 10.9. The molecular weight excluding hydrogens is 238 g/mol. The number of likely N-dealkylation sites (tertiary alicyclic amines) is 1. The summed E-state index contributed by atoms with van der Waals surface area (Å²) in [5, 5.41) is 38.5. The maximum atomic E-state index is 9.85. The molecule has 0 aromatic heterocycles. The van der Waals surface area contributed by atoms with Crippen LogP contribution in [0.2, 0.25) is 19.1 Å². The third kappa shape index (κ3) is 3.49. The minimum Gasteiger partial charge on any atom is -0.395 e. The molecule has 0 spiro atoms. The molecule has 102 valence electrons. The second kappa shape index (κ2) is 5.77. The van der Waals surface area contributed by atoms with Crippen LogP contribution in [0.15, 0.2) is 0 Å². The maximum Gasteiger partial charge on any atom is 0.109 e. The van der Waals surface area contributed by atoms with Gasteiger partial charge in [0.1, 0.15) is 12.2 Å². The van der Waals surface area contributed by atoms with E-state index in [0.29, 0.717) is 6.54 Å². The molecule has 0 unspecified atom stereocenters. The number of hydrogen-bond acceptors (Lipinski definition) is 5. The fourth-order valence-corrected chi connectivity index (χ4v) is 3.91. The van der Waals surface area contributed by atoms with Crippen LogP contribution in [0, 0.1) is 0 Å². The molecule has 1 aliphatic heterocycles. The third-order valence-electron chi connectivity index (χ3n) is 3.80. The molecule has 1 saturated heterocycles. The summed E-state index contributed by atoms with van der Waals surface area (Å²) in [4.78, 5) is 1.93. The lowest BCUT2D eigenvalue weighted by Crippen LogP contribution is -2.64. The van der Waals surface area contributed by atoms with Gasteiger partial charge in [-0.25, -0.2) is 0 Å². The molecule has 4 N–H and O–H groups in total. The quantitative estimate of drug-likeness (QED) is 0.490.